The summed E-state index contributed by atoms with van der Waals surface area (Å²) >= 11 is 0. The van der Waals surface area contributed by atoms with Gasteiger partial charge in [-0.2, -0.15) is 0 Å². The van der Waals surface area contributed by atoms with Gasteiger partial charge >= 0.3 is 0 Å². The van der Waals surface area contributed by atoms with E-state index in [0.717, 1.165) is 28.6 Å². The van der Waals surface area contributed by atoms with E-state index in [1.54, 1.807) is 6.20 Å². The smallest absolute Gasteiger partial charge is 0.161 e. The highest BCUT2D eigenvalue weighted by atomic mass is 15.0. The molecule has 0 amide bonds. The highest BCUT2D eigenvalue weighted by Gasteiger charge is 2.07. The third-order valence-corrected chi connectivity index (χ3v) is 3.16. The van der Waals surface area contributed by atoms with E-state index in [4.69, 9.17) is 0 Å². The van der Waals surface area contributed by atoms with E-state index in [0.29, 0.717) is 6.42 Å². The van der Waals surface area contributed by atoms with Crippen molar-refractivity contribution in [3.8, 4) is 11.4 Å². The Balaban J connectivity index is 1.98. The van der Waals surface area contributed by atoms with E-state index >= 15 is 0 Å². The second-order valence-electron chi connectivity index (χ2n) is 4.68. The van der Waals surface area contributed by atoms with Crippen molar-refractivity contribution in [2.45, 2.75) is 6.42 Å². The Labute approximate surface area is 123 Å². The Kier molecular flexibility index (Phi) is 3.87. The number of benzene rings is 1. The summed E-state index contributed by atoms with van der Waals surface area (Å²) in [6, 6.07) is 17.9. The monoisotopic (exact) mass is 276 g/mol. The van der Waals surface area contributed by atoms with E-state index in [2.05, 4.69) is 20.3 Å². The van der Waals surface area contributed by atoms with Gasteiger partial charge in [-0.25, -0.2) is 9.97 Å². The van der Waals surface area contributed by atoms with E-state index < -0.39 is 0 Å². The van der Waals surface area contributed by atoms with Crippen molar-refractivity contribution in [3.05, 3.63) is 72.2 Å². The molecule has 4 heteroatoms. The SMILES string of the molecule is CNc1cc(Cc2ccccn2)nc(-c2ccccc2)n1. The molecule has 0 saturated heterocycles. The molecule has 0 spiro atoms. The van der Waals surface area contributed by atoms with E-state index in [9.17, 15) is 0 Å². The number of nitrogens with zero attached hydrogens (tertiary/aromatic N) is 3. The molecule has 3 rings (SSSR count). The number of anilines is 1. The lowest BCUT2D eigenvalue weighted by atomic mass is 10.2. The van der Waals surface area contributed by atoms with Gasteiger partial charge in [0.15, 0.2) is 5.82 Å². The van der Waals surface area contributed by atoms with Gasteiger partial charge in [0.1, 0.15) is 5.82 Å². The van der Waals surface area contributed by atoms with Gasteiger partial charge in [-0.05, 0) is 12.1 Å². The second kappa shape index (κ2) is 6.13. The molecule has 2 heterocycles. The highest BCUT2D eigenvalue weighted by molar-refractivity contribution is 5.57. The lowest BCUT2D eigenvalue weighted by molar-refractivity contribution is 0.992. The normalized spacial score (nSPS) is 10.3. The minimum Gasteiger partial charge on any atom is -0.373 e. The topological polar surface area (TPSA) is 50.7 Å². The van der Waals surface area contributed by atoms with Crippen molar-refractivity contribution in [3.63, 3.8) is 0 Å². The second-order valence-corrected chi connectivity index (χ2v) is 4.68. The molecule has 0 radical (unpaired) electrons. The standard InChI is InChI=1S/C17H16N4/c1-18-16-12-15(11-14-9-5-6-10-19-14)20-17(21-16)13-7-3-2-4-8-13/h2-10,12H,11H2,1H3,(H,18,20,21). The van der Waals surface area contributed by atoms with Gasteiger partial charge < -0.3 is 5.32 Å². The third kappa shape index (κ3) is 3.23. The average Bonchev–Trinajstić information content (AvgIpc) is 2.56. The Morgan fingerprint density at radius 2 is 1.71 bits per heavy atom. The molecular weight excluding hydrogens is 260 g/mol. The van der Waals surface area contributed by atoms with Crippen molar-refractivity contribution in [2.75, 3.05) is 12.4 Å². The fourth-order valence-corrected chi connectivity index (χ4v) is 2.12. The maximum Gasteiger partial charge on any atom is 0.161 e. The first-order valence-corrected chi connectivity index (χ1v) is 6.86. The predicted octanol–water partition coefficient (Wildman–Crippen LogP) is 3.17. The van der Waals surface area contributed by atoms with Crippen molar-refractivity contribution >= 4 is 5.82 Å². The molecule has 21 heavy (non-hydrogen) atoms. The predicted molar refractivity (Wildman–Crippen MR) is 84.1 cm³/mol. The van der Waals surface area contributed by atoms with Crippen LogP contribution in [0.1, 0.15) is 11.4 Å². The molecule has 3 aromatic rings. The van der Waals surface area contributed by atoms with Gasteiger partial charge in [0.05, 0.1) is 5.69 Å². The van der Waals surface area contributed by atoms with Crippen LogP contribution in [0.15, 0.2) is 60.8 Å². The summed E-state index contributed by atoms with van der Waals surface area (Å²) in [5.41, 5.74) is 2.96. The van der Waals surface area contributed by atoms with Gasteiger partial charge in [0.2, 0.25) is 0 Å². The van der Waals surface area contributed by atoms with Crippen LogP contribution in [0.25, 0.3) is 11.4 Å². The number of aromatic nitrogens is 3. The Bertz CT molecular complexity index is 711. The van der Waals surface area contributed by atoms with Crippen LogP contribution >= 0.6 is 0 Å². The van der Waals surface area contributed by atoms with Crippen LogP contribution in [0, 0.1) is 0 Å². The third-order valence-electron chi connectivity index (χ3n) is 3.16. The Hall–Kier alpha value is -2.75. The van der Waals surface area contributed by atoms with Gasteiger partial charge in [0.25, 0.3) is 0 Å². The molecule has 0 saturated carbocycles. The summed E-state index contributed by atoms with van der Waals surface area (Å²) in [6.07, 6.45) is 2.49. The lowest BCUT2D eigenvalue weighted by Gasteiger charge is -2.08. The average molecular weight is 276 g/mol. The molecule has 1 aromatic carbocycles. The molecular formula is C17H16N4. The van der Waals surface area contributed by atoms with Crippen LogP contribution < -0.4 is 5.32 Å². The summed E-state index contributed by atoms with van der Waals surface area (Å²) in [5.74, 6) is 1.54. The van der Waals surface area contributed by atoms with E-state index in [-0.39, 0.29) is 0 Å². The van der Waals surface area contributed by atoms with Crippen molar-refractivity contribution in [1.29, 1.82) is 0 Å². The summed E-state index contributed by atoms with van der Waals surface area (Å²) in [7, 11) is 1.86. The van der Waals surface area contributed by atoms with E-state index in [1.807, 2.05) is 61.6 Å². The maximum atomic E-state index is 4.66. The van der Waals surface area contributed by atoms with Gasteiger partial charge in [0, 0.05) is 37.0 Å². The van der Waals surface area contributed by atoms with Crippen LogP contribution in [0.4, 0.5) is 5.82 Å². The largest absolute Gasteiger partial charge is 0.373 e. The summed E-state index contributed by atoms with van der Waals surface area (Å²) in [6.45, 7) is 0. The molecule has 4 nitrogen and oxygen atoms in total. The highest BCUT2D eigenvalue weighted by Crippen LogP contribution is 2.18. The molecule has 0 atom stereocenters. The summed E-state index contributed by atoms with van der Waals surface area (Å²) in [4.78, 5) is 13.5. The fourth-order valence-electron chi connectivity index (χ4n) is 2.12. The van der Waals surface area contributed by atoms with Gasteiger partial charge in [-0.1, -0.05) is 36.4 Å². The first-order chi connectivity index (χ1) is 10.3. The van der Waals surface area contributed by atoms with E-state index in [1.165, 1.54) is 0 Å². The van der Waals surface area contributed by atoms with Gasteiger partial charge in [-0.15, -0.1) is 0 Å². The molecule has 0 fully saturated rings. The molecule has 0 aliphatic rings. The number of pyridine rings is 1. The molecule has 2 aromatic heterocycles. The first kappa shape index (κ1) is 13.2. The van der Waals surface area contributed by atoms with Crippen LogP contribution in [0.2, 0.25) is 0 Å². The zero-order chi connectivity index (χ0) is 14.5. The number of hydrogen-bond acceptors (Lipinski definition) is 4. The Morgan fingerprint density at radius 3 is 2.43 bits per heavy atom. The number of rotatable bonds is 4. The quantitative estimate of drug-likeness (QED) is 0.795. The zero-order valence-corrected chi connectivity index (χ0v) is 11.8. The number of hydrogen-bond donors (Lipinski definition) is 1. The summed E-state index contributed by atoms with van der Waals surface area (Å²) in [5, 5.41) is 3.09. The van der Waals surface area contributed by atoms with Crippen LogP contribution in [0.5, 0.6) is 0 Å². The molecule has 0 bridgehead atoms. The minimum absolute atomic E-state index is 0.692. The lowest BCUT2D eigenvalue weighted by Crippen LogP contribution is -2.02. The van der Waals surface area contributed by atoms with Crippen LogP contribution in [0.3, 0.4) is 0 Å². The fraction of sp³-hybridized carbons (Fsp3) is 0.118. The van der Waals surface area contributed by atoms with Gasteiger partial charge in [-0.3, -0.25) is 4.98 Å². The Morgan fingerprint density at radius 1 is 0.905 bits per heavy atom. The first-order valence-electron chi connectivity index (χ1n) is 6.86. The molecule has 0 unspecified atom stereocenters. The van der Waals surface area contributed by atoms with Crippen molar-refractivity contribution in [2.24, 2.45) is 0 Å². The van der Waals surface area contributed by atoms with Crippen LogP contribution in [-0.4, -0.2) is 22.0 Å². The minimum atomic E-state index is 0.692. The van der Waals surface area contributed by atoms with Crippen molar-refractivity contribution < 1.29 is 0 Å². The zero-order valence-electron chi connectivity index (χ0n) is 11.8. The number of nitrogens with one attached hydrogen (secondary N) is 1. The van der Waals surface area contributed by atoms with Crippen LogP contribution in [-0.2, 0) is 6.42 Å². The summed E-state index contributed by atoms with van der Waals surface area (Å²) < 4.78 is 0. The maximum absolute atomic E-state index is 4.66. The molecule has 0 aliphatic heterocycles. The molecule has 1 N–H and O–H groups in total. The van der Waals surface area contributed by atoms with Crippen molar-refractivity contribution in [1.82, 2.24) is 15.0 Å². The molecule has 104 valence electrons. The molecule has 0 aliphatic carbocycles.